The third-order valence-corrected chi connectivity index (χ3v) is 8.31. The number of ether oxygens (including phenoxy) is 4. The number of benzene rings is 2. The number of methoxy groups -OCH3 is 1. The molecule has 1 heterocycles. The summed E-state index contributed by atoms with van der Waals surface area (Å²) >= 11 is 0. The Labute approximate surface area is 246 Å². The fraction of sp³-hybridized carbons (Fsp3) is 0.467. The summed E-state index contributed by atoms with van der Waals surface area (Å²) in [6.07, 6.45) is -5.31. The highest BCUT2D eigenvalue weighted by Crippen LogP contribution is 2.52. The molecule has 0 aromatic heterocycles. The van der Waals surface area contributed by atoms with E-state index in [-0.39, 0.29) is 40.8 Å². The fourth-order valence-electron chi connectivity index (χ4n) is 5.99. The van der Waals surface area contributed by atoms with E-state index in [4.69, 9.17) is 24.7 Å². The van der Waals surface area contributed by atoms with Crippen LogP contribution in [-0.2, 0) is 30.2 Å². The molecule has 6 unspecified atom stereocenters. The molecular weight excluding hydrogens is 566 g/mol. The van der Waals surface area contributed by atoms with E-state index in [2.05, 4.69) is 0 Å². The SMILES string of the molecule is CCC(=O)OCC(=O)C1(O)Cc2c(O)c3c(c(O)c2C(OC2CC(N)C(O)C(C)O2)C1)C(=O)c1c(OC)cccc1C3=O. The van der Waals surface area contributed by atoms with Crippen LogP contribution >= 0.6 is 0 Å². The van der Waals surface area contributed by atoms with E-state index in [0.29, 0.717) is 0 Å². The summed E-state index contributed by atoms with van der Waals surface area (Å²) in [5.74, 6) is -4.46. The van der Waals surface area contributed by atoms with Crippen LogP contribution in [0.4, 0.5) is 0 Å². The van der Waals surface area contributed by atoms with Gasteiger partial charge in [-0.25, -0.2) is 0 Å². The molecule has 0 radical (unpaired) electrons. The fourth-order valence-corrected chi connectivity index (χ4v) is 5.99. The molecule has 43 heavy (non-hydrogen) atoms. The molecule has 13 heteroatoms. The van der Waals surface area contributed by atoms with Gasteiger partial charge in [0.05, 0.1) is 42.1 Å². The molecule has 2 aromatic rings. The topological polar surface area (TPSA) is 212 Å². The number of nitrogens with two attached hydrogens (primary N) is 1. The number of fused-ring (bicyclic) bond motifs is 3. The number of carbonyl (C=O) groups is 4. The third-order valence-electron chi connectivity index (χ3n) is 8.31. The van der Waals surface area contributed by atoms with Gasteiger partial charge in [0, 0.05) is 48.4 Å². The Morgan fingerprint density at radius 3 is 2.47 bits per heavy atom. The van der Waals surface area contributed by atoms with Gasteiger partial charge < -0.3 is 45.1 Å². The average molecular weight is 600 g/mol. The molecule has 0 bridgehead atoms. The maximum absolute atomic E-state index is 13.8. The number of phenols is 2. The van der Waals surface area contributed by atoms with Crippen molar-refractivity contribution in [3.8, 4) is 17.2 Å². The van der Waals surface area contributed by atoms with Crippen molar-refractivity contribution in [3.63, 3.8) is 0 Å². The summed E-state index contributed by atoms with van der Waals surface area (Å²) in [6, 6.07) is 3.60. The first-order chi connectivity index (χ1) is 20.3. The number of aliphatic hydroxyl groups is 2. The standard InChI is InChI=1S/C30H33NO12/c1-4-19(33)41-11-18(32)30(39)9-14-22(17(10-30)43-20-8-15(31)25(34)12(2)42-20)29(38)24-23(27(14)36)26(35)13-6-5-7-16(40-3)21(13)28(24)37/h5-7,12,15,17,20,25,34,36,38-39H,4,8-11,31H2,1-3H3. The molecule has 13 nitrogen and oxygen atoms in total. The molecule has 0 spiro atoms. The first kappa shape index (κ1) is 30.6. The molecule has 2 aromatic carbocycles. The van der Waals surface area contributed by atoms with Crippen LogP contribution in [-0.4, -0.2) is 87.6 Å². The minimum Gasteiger partial charge on any atom is -0.507 e. The van der Waals surface area contributed by atoms with Crippen LogP contribution in [0.5, 0.6) is 17.2 Å². The molecule has 6 N–H and O–H groups in total. The minimum absolute atomic E-state index is 0.00248. The number of carbonyl (C=O) groups excluding carboxylic acids is 4. The number of hydrogen-bond acceptors (Lipinski definition) is 13. The van der Waals surface area contributed by atoms with Crippen LogP contribution in [0.25, 0.3) is 0 Å². The van der Waals surface area contributed by atoms with Crippen LogP contribution in [0.2, 0.25) is 0 Å². The van der Waals surface area contributed by atoms with Gasteiger partial charge in [0.15, 0.2) is 18.7 Å². The Morgan fingerprint density at radius 2 is 1.81 bits per heavy atom. The zero-order chi connectivity index (χ0) is 31.4. The van der Waals surface area contributed by atoms with E-state index in [1.807, 2.05) is 0 Å². The summed E-state index contributed by atoms with van der Waals surface area (Å²) in [6.45, 7) is 2.33. The smallest absolute Gasteiger partial charge is 0.305 e. The molecule has 0 saturated carbocycles. The summed E-state index contributed by atoms with van der Waals surface area (Å²) in [4.78, 5) is 52.3. The highest BCUT2D eigenvalue weighted by molar-refractivity contribution is 6.31. The Hall–Kier alpha value is -3.88. The summed E-state index contributed by atoms with van der Waals surface area (Å²) in [7, 11) is 1.32. The Balaban J connectivity index is 1.64. The van der Waals surface area contributed by atoms with Gasteiger partial charge in [-0.2, -0.15) is 0 Å². The molecule has 230 valence electrons. The summed E-state index contributed by atoms with van der Waals surface area (Å²) in [5, 5.41) is 44.9. The van der Waals surface area contributed by atoms with Gasteiger partial charge >= 0.3 is 5.97 Å². The van der Waals surface area contributed by atoms with E-state index in [0.717, 1.165) is 0 Å². The van der Waals surface area contributed by atoms with Crippen molar-refractivity contribution < 1.29 is 58.6 Å². The lowest BCUT2D eigenvalue weighted by molar-refractivity contribution is -0.247. The predicted molar refractivity (Wildman–Crippen MR) is 146 cm³/mol. The molecule has 2 aliphatic carbocycles. The van der Waals surface area contributed by atoms with E-state index in [1.165, 1.54) is 32.2 Å². The van der Waals surface area contributed by atoms with Crippen molar-refractivity contribution in [2.24, 2.45) is 5.73 Å². The van der Waals surface area contributed by atoms with Crippen molar-refractivity contribution in [1.82, 2.24) is 0 Å². The molecule has 3 aliphatic rings. The molecule has 6 atom stereocenters. The summed E-state index contributed by atoms with van der Waals surface area (Å²) < 4.78 is 22.1. The third kappa shape index (κ3) is 5.06. The minimum atomic E-state index is -2.28. The lowest BCUT2D eigenvalue weighted by Gasteiger charge is -2.42. The van der Waals surface area contributed by atoms with Gasteiger partial charge in [-0.1, -0.05) is 19.1 Å². The number of rotatable bonds is 7. The summed E-state index contributed by atoms with van der Waals surface area (Å²) in [5.41, 5.74) is 2.29. The van der Waals surface area contributed by atoms with E-state index in [1.54, 1.807) is 6.92 Å². The first-order valence-corrected chi connectivity index (χ1v) is 13.9. The van der Waals surface area contributed by atoms with Gasteiger partial charge in [0.25, 0.3) is 0 Å². The van der Waals surface area contributed by atoms with E-state index >= 15 is 0 Å². The maximum Gasteiger partial charge on any atom is 0.305 e. The number of hydrogen-bond donors (Lipinski definition) is 5. The van der Waals surface area contributed by atoms with Crippen LogP contribution in [0, 0.1) is 0 Å². The highest BCUT2D eigenvalue weighted by atomic mass is 16.7. The van der Waals surface area contributed by atoms with Crippen molar-refractivity contribution in [2.75, 3.05) is 13.7 Å². The van der Waals surface area contributed by atoms with E-state index < -0.39 is 102 Å². The molecular formula is C30H33NO12. The second-order valence-electron chi connectivity index (χ2n) is 11.0. The van der Waals surface area contributed by atoms with Crippen LogP contribution in [0.3, 0.4) is 0 Å². The van der Waals surface area contributed by atoms with Gasteiger partial charge in [-0.05, 0) is 13.0 Å². The van der Waals surface area contributed by atoms with Crippen molar-refractivity contribution >= 4 is 23.3 Å². The maximum atomic E-state index is 13.8. The normalized spacial score (nSPS) is 28.0. The largest absolute Gasteiger partial charge is 0.507 e. The number of aromatic hydroxyl groups is 2. The zero-order valence-electron chi connectivity index (χ0n) is 23.8. The number of esters is 1. The molecule has 0 amide bonds. The molecule has 1 saturated heterocycles. The lowest BCUT2D eigenvalue weighted by atomic mass is 9.72. The van der Waals surface area contributed by atoms with Gasteiger partial charge in [-0.15, -0.1) is 0 Å². The highest BCUT2D eigenvalue weighted by Gasteiger charge is 2.50. The first-order valence-electron chi connectivity index (χ1n) is 13.9. The second-order valence-corrected chi connectivity index (χ2v) is 11.0. The molecule has 5 rings (SSSR count). The Morgan fingerprint density at radius 1 is 1.12 bits per heavy atom. The number of ketones is 3. The van der Waals surface area contributed by atoms with Crippen molar-refractivity contribution in [1.29, 1.82) is 0 Å². The second kappa shape index (κ2) is 11.3. The zero-order valence-corrected chi connectivity index (χ0v) is 23.8. The van der Waals surface area contributed by atoms with Crippen LogP contribution in [0.15, 0.2) is 18.2 Å². The van der Waals surface area contributed by atoms with E-state index in [9.17, 15) is 39.6 Å². The van der Waals surface area contributed by atoms with Crippen LogP contribution < -0.4 is 10.5 Å². The molecule has 1 fully saturated rings. The van der Waals surface area contributed by atoms with Gasteiger partial charge in [0.1, 0.15) is 22.8 Å². The quantitative estimate of drug-likeness (QED) is 0.189. The van der Waals surface area contributed by atoms with Gasteiger partial charge in [0.2, 0.25) is 11.6 Å². The monoisotopic (exact) mass is 599 g/mol. The number of phenolic OH excluding ortho intramolecular Hbond substituents is 2. The Kier molecular flexibility index (Phi) is 8.05. The Bertz CT molecular complexity index is 1510. The number of Topliss-reactive ketones (excluding diaryl/α,β-unsaturated/α-hetero) is 1. The number of aliphatic hydroxyl groups excluding tert-OH is 1. The van der Waals surface area contributed by atoms with Crippen molar-refractivity contribution in [3.05, 3.63) is 51.6 Å². The average Bonchev–Trinajstić information content (AvgIpc) is 2.98. The van der Waals surface area contributed by atoms with Gasteiger partial charge in [-0.3, -0.25) is 19.2 Å². The predicted octanol–water partition coefficient (Wildman–Crippen LogP) is 0.962. The van der Waals surface area contributed by atoms with Crippen LogP contribution in [0.1, 0.15) is 82.2 Å². The lowest BCUT2D eigenvalue weighted by Crippen LogP contribution is -2.53. The molecule has 1 aliphatic heterocycles. The van der Waals surface area contributed by atoms with Crippen molar-refractivity contribution in [2.45, 2.75) is 75.8 Å².